The molecule has 10 atom stereocenters. The highest BCUT2D eigenvalue weighted by Crippen LogP contribution is 2.64. The highest BCUT2D eigenvalue weighted by Gasteiger charge is 2.86. The first kappa shape index (κ1) is 33.1. The van der Waals surface area contributed by atoms with Crippen molar-refractivity contribution in [3.05, 3.63) is 23.3 Å². The fourth-order valence-electron chi connectivity index (χ4n) is 7.44. The Hall–Kier alpha value is -2.76. The van der Waals surface area contributed by atoms with Crippen molar-refractivity contribution in [2.75, 3.05) is 0 Å². The van der Waals surface area contributed by atoms with Crippen LogP contribution in [0.3, 0.4) is 0 Å². The minimum absolute atomic E-state index is 0.121. The summed E-state index contributed by atoms with van der Waals surface area (Å²) in [6, 6.07) is 0. The van der Waals surface area contributed by atoms with Gasteiger partial charge in [0.1, 0.15) is 12.2 Å². The molecule has 0 aromatic carbocycles. The van der Waals surface area contributed by atoms with E-state index in [9.17, 15) is 29.4 Å². The number of esters is 4. The van der Waals surface area contributed by atoms with E-state index in [-0.39, 0.29) is 12.8 Å². The van der Waals surface area contributed by atoms with Gasteiger partial charge in [-0.2, -0.15) is 0 Å². The maximum Gasteiger partial charge on any atom is 0.342 e. The van der Waals surface area contributed by atoms with Gasteiger partial charge in [0.15, 0.2) is 29.5 Å². The molecule has 11 nitrogen and oxygen atoms in total. The normalized spacial score (nSPS) is 40.0. The zero-order valence-electron chi connectivity index (χ0n) is 26.2. The lowest BCUT2D eigenvalue weighted by Gasteiger charge is -2.53. The average Bonchev–Trinajstić information content (AvgIpc) is 3.52. The Balaban J connectivity index is 1.85. The Kier molecular flexibility index (Phi) is 9.50. The van der Waals surface area contributed by atoms with Crippen LogP contribution in [0.2, 0.25) is 0 Å². The highest BCUT2D eigenvalue weighted by atomic mass is 16.7. The van der Waals surface area contributed by atoms with Gasteiger partial charge >= 0.3 is 23.9 Å². The number of aliphatic hydroxyl groups is 2. The predicted octanol–water partition coefficient (Wildman–Crippen LogP) is 3.23. The van der Waals surface area contributed by atoms with Crippen molar-refractivity contribution in [3.63, 3.8) is 0 Å². The van der Waals surface area contributed by atoms with Gasteiger partial charge in [0.05, 0.1) is 6.10 Å². The summed E-state index contributed by atoms with van der Waals surface area (Å²) >= 11 is 0. The number of epoxide rings is 1. The van der Waals surface area contributed by atoms with Gasteiger partial charge in [-0.3, -0.25) is 14.4 Å². The second kappa shape index (κ2) is 12.3. The summed E-state index contributed by atoms with van der Waals surface area (Å²) < 4.78 is 29.2. The number of ether oxygens (including phenoxy) is 5. The maximum atomic E-state index is 13.2. The van der Waals surface area contributed by atoms with Crippen LogP contribution in [0.1, 0.15) is 93.4 Å². The van der Waals surface area contributed by atoms with Crippen LogP contribution in [0, 0.1) is 11.3 Å². The molecule has 11 heteroatoms. The van der Waals surface area contributed by atoms with Crippen LogP contribution in [0.25, 0.3) is 0 Å². The molecule has 1 spiro atoms. The molecule has 43 heavy (non-hydrogen) atoms. The first-order chi connectivity index (χ1) is 20.1. The van der Waals surface area contributed by atoms with Gasteiger partial charge < -0.3 is 33.9 Å². The van der Waals surface area contributed by atoms with Gasteiger partial charge in [0, 0.05) is 38.0 Å². The van der Waals surface area contributed by atoms with Crippen molar-refractivity contribution in [1.29, 1.82) is 0 Å². The van der Waals surface area contributed by atoms with Crippen LogP contribution >= 0.6 is 0 Å². The van der Waals surface area contributed by atoms with E-state index < -0.39 is 83.0 Å². The lowest BCUT2D eigenvalue weighted by atomic mass is 9.56. The van der Waals surface area contributed by atoms with E-state index in [1.165, 1.54) is 19.9 Å². The van der Waals surface area contributed by atoms with Gasteiger partial charge in [-0.15, -0.1) is 0 Å². The Morgan fingerprint density at radius 2 is 1.60 bits per heavy atom. The summed E-state index contributed by atoms with van der Waals surface area (Å²) in [5.74, 6) is -3.48. The van der Waals surface area contributed by atoms with Crippen molar-refractivity contribution >= 4 is 23.9 Å². The van der Waals surface area contributed by atoms with E-state index in [2.05, 4.69) is 6.92 Å². The van der Waals surface area contributed by atoms with Gasteiger partial charge in [-0.25, -0.2) is 4.79 Å². The molecule has 2 aliphatic carbocycles. The minimum Gasteiger partial charge on any atom is -0.462 e. The zero-order valence-corrected chi connectivity index (χ0v) is 26.2. The van der Waals surface area contributed by atoms with Crippen molar-refractivity contribution in [2.24, 2.45) is 11.3 Å². The van der Waals surface area contributed by atoms with E-state index in [1.54, 1.807) is 27.7 Å². The molecule has 0 saturated carbocycles. The number of hydrogen-bond acceptors (Lipinski definition) is 11. The summed E-state index contributed by atoms with van der Waals surface area (Å²) in [4.78, 5) is 50.9. The summed E-state index contributed by atoms with van der Waals surface area (Å²) in [7, 11) is 0. The third-order valence-corrected chi connectivity index (χ3v) is 9.85. The number of aliphatic hydroxyl groups excluding tert-OH is 2. The molecule has 2 N–H and O–H groups in total. The molecule has 4 rings (SSSR count). The second-order valence-corrected chi connectivity index (χ2v) is 12.8. The van der Waals surface area contributed by atoms with Crippen LogP contribution in [-0.4, -0.2) is 81.9 Å². The Morgan fingerprint density at radius 3 is 2.21 bits per heavy atom. The topological polar surface area (TPSA) is 158 Å². The molecule has 240 valence electrons. The number of unbranched alkanes of at least 4 members (excludes halogenated alkanes) is 4. The third kappa shape index (κ3) is 5.64. The quantitative estimate of drug-likeness (QED) is 0.130. The monoisotopic (exact) mass is 606 g/mol. The molecule has 0 aromatic heterocycles. The lowest BCUT2D eigenvalue weighted by Crippen LogP contribution is -2.64. The second-order valence-electron chi connectivity index (χ2n) is 12.8. The minimum atomic E-state index is -1.61. The molecular formula is C32H46O11. The maximum absolute atomic E-state index is 13.2. The number of carbonyl (C=O) groups is 4. The SMILES string of the molecule is CCCCCCCC(=O)OC1C(C)=CC2OC(=O)C3(C)OC23C(O)C2C(C)=CCC(OC(C)=O)C2(C)C(O)C1OC(C)=O. The molecule has 2 aliphatic heterocycles. The van der Waals surface area contributed by atoms with E-state index >= 15 is 0 Å². The molecule has 0 aromatic rings. The first-order valence-corrected chi connectivity index (χ1v) is 15.3. The molecule has 0 amide bonds. The summed E-state index contributed by atoms with van der Waals surface area (Å²) in [6.45, 7) is 11.1. The van der Waals surface area contributed by atoms with Gasteiger partial charge in [-0.05, 0) is 38.8 Å². The average molecular weight is 607 g/mol. The van der Waals surface area contributed by atoms with Gasteiger partial charge in [-0.1, -0.05) is 51.2 Å². The van der Waals surface area contributed by atoms with Crippen LogP contribution in [-0.2, 0) is 42.9 Å². The molecule has 2 heterocycles. The van der Waals surface area contributed by atoms with Crippen molar-refractivity contribution in [2.45, 2.75) is 141 Å². The van der Waals surface area contributed by atoms with Crippen LogP contribution < -0.4 is 0 Å². The summed E-state index contributed by atoms with van der Waals surface area (Å²) in [5, 5.41) is 24.4. The van der Waals surface area contributed by atoms with Crippen molar-refractivity contribution in [1.82, 2.24) is 0 Å². The zero-order chi connectivity index (χ0) is 31.9. The van der Waals surface area contributed by atoms with E-state index in [0.717, 1.165) is 25.7 Å². The van der Waals surface area contributed by atoms with Gasteiger partial charge in [0.2, 0.25) is 0 Å². The Morgan fingerprint density at radius 1 is 0.953 bits per heavy atom. The Labute approximate surface area is 252 Å². The third-order valence-electron chi connectivity index (χ3n) is 9.85. The molecule has 4 aliphatic rings. The predicted molar refractivity (Wildman–Crippen MR) is 152 cm³/mol. The number of hydrogen-bond donors (Lipinski definition) is 2. The van der Waals surface area contributed by atoms with Crippen molar-refractivity contribution in [3.8, 4) is 0 Å². The van der Waals surface area contributed by atoms with Crippen LogP contribution in [0.5, 0.6) is 0 Å². The number of rotatable bonds is 9. The molecule has 0 bridgehead atoms. The highest BCUT2D eigenvalue weighted by molar-refractivity contribution is 5.89. The van der Waals surface area contributed by atoms with Crippen LogP contribution in [0.15, 0.2) is 23.3 Å². The largest absolute Gasteiger partial charge is 0.462 e. The fourth-order valence-corrected chi connectivity index (χ4v) is 7.44. The molecule has 2 saturated heterocycles. The summed E-state index contributed by atoms with van der Waals surface area (Å²) in [6.07, 6.45) is 0.451. The van der Waals surface area contributed by atoms with Gasteiger partial charge in [0.25, 0.3) is 0 Å². The first-order valence-electron chi connectivity index (χ1n) is 15.3. The van der Waals surface area contributed by atoms with E-state index in [1.807, 2.05) is 6.08 Å². The van der Waals surface area contributed by atoms with E-state index in [0.29, 0.717) is 17.6 Å². The molecule has 0 radical (unpaired) electrons. The standard InChI is InChI=1S/C32H46O11/c1-8-9-10-11-12-13-23(35)42-25-18(3)16-22-32(31(7,43-32)29(38)41-22)27(36)24-17(2)14-15-21(39-19(4)33)30(24,6)28(37)26(25)40-20(5)34/h14,16,21-22,24-28,36-37H,8-13,15H2,1-7H3. The lowest BCUT2D eigenvalue weighted by molar-refractivity contribution is -0.211. The van der Waals surface area contributed by atoms with Crippen LogP contribution in [0.4, 0.5) is 0 Å². The summed E-state index contributed by atoms with van der Waals surface area (Å²) in [5.41, 5.74) is -3.49. The molecule has 2 fully saturated rings. The fraction of sp³-hybridized carbons (Fsp3) is 0.750. The number of carbonyl (C=O) groups excluding carboxylic acids is 4. The molecular weight excluding hydrogens is 560 g/mol. The number of fused-ring (bicyclic) bond motifs is 1. The van der Waals surface area contributed by atoms with E-state index in [4.69, 9.17) is 23.7 Å². The molecule has 10 unspecified atom stereocenters. The van der Waals surface area contributed by atoms with Crippen molar-refractivity contribution < 1.29 is 53.1 Å². The smallest absolute Gasteiger partial charge is 0.342 e. The Bertz CT molecular complexity index is 1190.